The summed E-state index contributed by atoms with van der Waals surface area (Å²) in [7, 11) is 0. The van der Waals surface area contributed by atoms with Gasteiger partial charge in [-0.3, -0.25) is 4.79 Å². The van der Waals surface area contributed by atoms with E-state index in [0.717, 1.165) is 28.2 Å². The third kappa shape index (κ3) is 3.84. The van der Waals surface area contributed by atoms with Crippen LogP contribution in [0.25, 0.3) is 11.5 Å². The molecular weight excluding hydrogens is 368 g/mol. The highest BCUT2D eigenvalue weighted by Gasteiger charge is 2.14. The predicted octanol–water partition coefficient (Wildman–Crippen LogP) is 2.13. The number of carbonyl (C=O) groups excluding carboxylic acids is 1. The Morgan fingerprint density at radius 2 is 1.93 bits per heavy atom. The van der Waals surface area contributed by atoms with E-state index in [1.165, 1.54) is 12.7 Å². The van der Waals surface area contributed by atoms with Gasteiger partial charge in [0.25, 0.3) is 5.78 Å². The zero-order chi connectivity index (χ0) is 20.4. The van der Waals surface area contributed by atoms with Crippen LogP contribution in [-0.4, -0.2) is 40.3 Å². The van der Waals surface area contributed by atoms with E-state index in [0.29, 0.717) is 18.6 Å². The van der Waals surface area contributed by atoms with Crippen molar-refractivity contribution in [1.29, 1.82) is 0 Å². The number of nitrogens with zero attached hydrogens (tertiary/aromatic N) is 7. The maximum Gasteiger partial charge on any atom is 0.252 e. The number of benzene rings is 1. The second-order valence-electron chi connectivity index (χ2n) is 6.95. The summed E-state index contributed by atoms with van der Waals surface area (Å²) in [5, 5.41) is 11.4. The van der Waals surface area contributed by atoms with Crippen molar-refractivity contribution < 1.29 is 4.79 Å². The van der Waals surface area contributed by atoms with Crippen molar-refractivity contribution in [2.24, 2.45) is 0 Å². The highest BCUT2D eigenvalue weighted by Crippen LogP contribution is 2.17. The molecule has 148 valence electrons. The summed E-state index contributed by atoms with van der Waals surface area (Å²) in [6.07, 6.45) is 5.61. The summed E-state index contributed by atoms with van der Waals surface area (Å²) in [6, 6.07) is 7.79. The minimum atomic E-state index is -0.0922. The van der Waals surface area contributed by atoms with Gasteiger partial charge in [0, 0.05) is 17.8 Å². The van der Waals surface area contributed by atoms with Gasteiger partial charge in [-0.25, -0.2) is 19.2 Å². The van der Waals surface area contributed by atoms with E-state index in [1.54, 1.807) is 15.5 Å². The van der Waals surface area contributed by atoms with E-state index < -0.39 is 0 Å². The smallest absolute Gasteiger partial charge is 0.252 e. The first-order chi connectivity index (χ1) is 14.0. The van der Waals surface area contributed by atoms with Gasteiger partial charge in [0.1, 0.15) is 19.0 Å². The summed E-state index contributed by atoms with van der Waals surface area (Å²) >= 11 is 0. The number of carbonyl (C=O) groups is 1. The molecule has 0 aliphatic rings. The number of aryl methyl sites for hydroxylation is 2. The average Bonchev–Trinajstić information content (AvgIpc) is 3.40. The summed E-state index contributed by atoms with van der Waals surface area (Å²) in [5.74, 6) is 0.575. The fraction of sp³-hybridized carbons (Fsp3) is 0.300. The van der Waals surface area contributed by atoms with Crippen molar-refractivity contribution in [3.05, 3.63) is 65.8 Å². The molecule has 0 aliphatic carbocycles. The Morgan fingerprint density at radius 3 is 2.66 bits per heavy atom. The molecular formula is C20H22N8O. The Morgan fingerprint density at radius 1 is 1.14 bits per heavy atom. The van der Waals surface area contributed by atoms with Gasteiger partial charge >= 0.3 is 0 Å². The zero-order valence-electron chi connectivity index (χ0n) is 16.6. The molecule has 29 heavy (non-hydrogen) atoms. The molecule has 0 fully saturated rings. The van der Waals surface area contributed by atoms with Crippen molar-refractivity contribution in [3.63, 3.8) is 0 Å². The lowest BCUT2D eigenvalue weighted by Crippen LogP contribution is -2.27. The van der Waals surface area contributed by atoms with Gasteiger partial charge in [-0.2, -0.15) is 15.2 Å². The lowest BCUT2D eigenvalue weighted by Gasteiger charge is -2.16. The Hall–Kier alpha value is -3.62. The van der Waals surface area contributed by atoms with Crippen molar-refractivity contribution in [3.8, 4) is 5.69 Å². The lowest BCUT2D eigenvalue weighted by atomic mass is 10.1. The molecule has 4 rings (SSSR count). The van der Waals surface area contributed by atoms with E-state index >= 15 is 0 Å². The summed E-state index contributed by atoms with van der Waals surface area (Å²) in [4.78, 5) is 25.0. The third-order valence-corrected chi connectivity index (χ3v) is 5.04. The number of fused-ring (bicyclic) bond motifs is 1. The minimum Gasteiger partial charge on any atom is -0.350 e. The Balaban J connectivity index is 1.38. The summed E-state index contributed by atoms with van der Waals surface area (Å²) in [6.45, 7) is 5.89. The molecule has 0 radical (unpaired) electrons. The van der Waals surface area contributed by atoms with E-state index in [2.05, 4.69) is 30.5 Å². The number of hydrogen-bond donors (Lipinski definition) is 1. The van der Waals surface area contributed by atoms with Crippen molar-refractivity contribution in [1.82, 2.24) is 39.7 Å². The van der Waals surface area contributed by atoms with Crippen LogP contribution in [0.3, 0.4) is 0 Å². The van der Waals surface area contributed by atoms with Gasteiger partial charge in [0.15, 0.2) is 0 Å². The van der Waals surface area contributed by atoms with Crippen LogP contribution >= 0.6 is 0 Å². The van der Waals surface area contributed by atoms with E-state index in [9.17, 15) is 4.79 Å². The predicted molar refractivity (Wildman–Crippen MR) is 106 cm³/mol. The van der Waals surface area contributed by atoms with Crippen molar-refractivity contribution in [2.75, 3.05) is 0 Å². The second kappa shape index (κ2) is 7.78. The van der Waals surface area contributed by atoms with Crippen LogP contribution in [0.15, 0.2) is 43.2 Å². The van der Waals surface area contributed by atoms with Gasteiger partial charge in [0.05, 0.1) is 11.7 Å². The molecule has 0 aliphatic heterocycles. The Bertz CT molecular complexity index is 1130. The van der Waals surface area contributed by atoms with Crippen LogP contribution < -0.4 is 5.32 Å². The van der Waals surface area contributed by atoms with Crippen LogP contribution in [0.2, 0.25) is 0 Å². The monoisotopic (exact) mass is 390 g/mol. The third-order valence-electron chi connectivity index (χ3n) is 5.04. The molecule has 0 spiro atoms. The number of amides is 1. The fourth-order valence-electron chi connectivity index (χ4n) is 3.41. The molecule has 3 heterocycles. The summed E-state index contributed by atoms with van der Waals surface area (Å²) in [5.41, 5.74) is 4.83. The second-order valence-corrected chi connectivity index (χ2v) is 6.95. The van der Waals surface area contributed by atoms with Crippen molar-refractivity contribution >= 4 is 11.7 Å². The van der Waals surface area contributed by atoms with Gasteiger partial charge in [-0.05, 0) is 50.5 Å². The molecule has 1 amide bonds. The van der Waals surface area contributed by atoms with Crippen LogP contribution in [-0.2, 0) is 11.2 Å². The molecule has 0 unspecified atom stereocenters. The summed E-state index contributed by atoms with van der Waals surface area (Å²) < 4.78 is 3.40. The molecule has 3 aromatic heterocycles. The Labute approximate surface area is 167 Å². The fourth-order valence-corrected chi connectivity index (χ4v) is 3.41. The SMILES string of the molecule is Cc1nc2ncnn2c(C)c1CCC(=O)N[C@@H](C)c1ccc(-n2cncn2)cc1. The first kappa shape index (κ1) is 18.7. The highest BCUT2D eigenvalue weighted by atomic mass is 16.1. The van der Waals surface area contributed by atoms with Crippen LogP contribution in [0.5, 0.6) is 0 Å². The normalized spacial score (nSPS) is 12.2. The standard InChI is InChI=1S/C20H22N8O/c1-13(16-4-6-17(7-5-16)27-12-21-10-23-27)25-19(29)9-8-18-14(2)26-20-22-11-24-28(20)15(18)3/h4-7,10-13H,8-9H2,1-3H3,(H,25,29)/t13-/m0/s1. The zero-order valence-corrected chi connectivity index (χ0v) is 16.6. The first-order valence-corrected chi connectivity index (χ1v) is 9.43. The number of hydrogen-bond acceptors (Lipinski definition) is 6. The topological polar surface area (TPSA) is 103 Å². The maximum atomic E-state index is 12.5. The van der Waals surface area contributed by atoms with Crippen LogP contribution in [0.1, 0.15) is 41.9 Å². The molecule has 9 nitrogen and oxygen atoms in total. The van der Waals surface area contributed by atoms with Crippen molar-refractivity contribution in [2.45, 2.75) is 39.7 Å². The number of nitrogens with one attached hydrogen (secondary N) is 1. The molecule has 1 N–H and O–H groups in total. The number of rotatable bonds is 6. The molecule has 1 aromatic carbocycles. The van der Waals surface area contributed by atoms with Crippen LogP contribution in [0, 0.1) is 13.8 Å². The van der Waals surface area contributed by atoms with E-state index in [4.69, 9.17) is 0 Å². The van der Waals surface area contributed by atoms with Gasteiger partial charge < -0.3 is 5.32 Å². The molecule has 4 aromatic rings. The van der Waals surface area contributed by atoms with E-state index in [-0.39, 0.29) is 11.9 Å². The number of aromatic nitrogens is 7. The molecule has 0 bridgehead atoms. The first-order valence-electron chi connectivity index (χ1n) is 9.43. The minimum absolute atomic E-state index is 0.00431. The molecule has 9 heteroatoms. The van der Waals surface area contributed by atoms with Gasteiger partial charge in [-0.1, -0.05) is 12.1 Å². The molecule has 0 saturated carbocycles. The van der Waals surface area contributed by atoms with E-state index in [1.807, 2.05) is 45.0 Å². The highest BCUT2D eigenvalue weighted by molar-refractivity contribution is 5.76. The van der Waals surface area contributed by atoms with Gasteiger partial charge in [-0.15, -0.1) is 0 Å². The Kier molecular flexibility index (Phi) is 5.03. The quantitative estimate of drug-likeness (QED) is 0.541. The largest absolute Gasteiger partial charge is 0.350 e. The average molecular weight is 390 g/mol. The van der Waals surface area contributed by atoms with Gasteiger partial charge in [0.2, 0.25) is 5.91 Å². The molecule has 1 atom stereocenters. The molecule has 0 saturated heterocycles. The maximum absolute atomic E-state index is 12.5. The lowest BCUT2D eigenvalue weighted by molar-refractivity contribution is -0.121. The van der Waals surface area contributed by atoms with Crippen LogP contribution in [0.4, 0.5) is 0 Å².